The van der Waals surface area contributed by atoms with Gasteiger partial charge in [-0.25, -0.2) is 9.97 Å². The standard InChI is InChI=1S/C19H29N7O.2ClH/c1-14(15-3-5-20-6-4-15)11-17(27)25-7-9-26(10-8-25)19-16-12-23-24(2)18(16)21-13-22-19;;/h12-15,20H,3-11H2,1-2H3;2*1H. The second kappa shape index (κ2) is 10.4. The van der Waals surface area contributed by atoms with Gasteiger partial charge >= 0.3 is 0 Å². The zero-order valence-corrected chi connectivity index (χ0v) is 18.7. The summed E-state index contributed by atoms with van der Waals surface area (Å²) in [6.45, 7) is 7.52. The number of halogens is 2. The molecule has 1 unspecified atom stereocenters. The van der Waals surface area contributed by atoms with E-state index in [1.807, 2.05) is 18.1 Å². The monoisotopic (exact) mass is 443 g/mol. The molecule has 1 N–H and O–H groups in total. The van der Waals surface area contributed by atoms with Crippen LogP contribution in [0.2, 0.25) is 0 Å². The van der Waals surface area contributed by atoms with Gasteiger partial charge in [0.15, 0.2) is 5.65 Å². The van der Waals surface area contributed by atoms with Crippen LogP contribution in [0.3, 0.4) is 0 Å². The van der Waals surface area contributed by atoms with E-state index in [0.717, 1.165) is 56.1 Å². The van der Waals surface area contributed by atoms with Gasteiger partial charge in [-0.2, -0.15) is 5.10 Å². The minimum absolute atomic E-state index is 0. The summed E-state index contributed by atoms with van der Waals surface area (Å²) in [5.41, 5.74) is 0.842. The lowest BCUT2D eigenvalue weighted by Crippen LogP contribution is -2.49. The second-order valence-electron chi connectivity index (χ2n) is 7.84. The van der Waals surface area contributed by atoms with Crippen molar-refractivity contribution in [1.82, 2.24) is 30.0 Å². The number of rotatable bonds is 4. The molecule has 0 aliphatic carbocycles. The summed E-state index contributed by atoms with van der Waals surface area (Å²) in [4.78, 5) is 25.8. The molecule has 2 aliphatic heterocycles. The van der Waals surface area contributed by atoms with E-state index >= 15 is 0 Å². The Hall–Kier alpha value is -1.64. The maximum atomic E-state index is 12.8. The van der Waals surface area contributed by atoms with Crippen LogP contribution < -0.4 is 10.2 Å². The molecule has 0 radical (unpaired) electrons. The molecule has 2 saturated heterocycles. The van der Waals surface area contributed by atoms with E-state index in [2.05, 4.69) is 32.2 Å². The first kappa shape index (κ1) is 23.6. The van der Waals surface area contributed by atoms with Gasteiger partial charge < -0.3 is 15.1 Å². The van der Waals surface area contributed by atoms with Crippen LogP contribution in [-0.4, -0.2) is 69.8 Å². The van der Waals surface area contributed by atoms with Crippen molar-refractivity contribution in [2.45, 2.75) is 26.2 Å². The molecule has 0 bridgehead atoms. The predicted molar refractivity (Wildman–Crippen MR) is 119 cm³/mol. The fraction of sp³-hybridized carbons (Fsp3) is 0.684. The molecule has 0 saturated carbocycles. The minimum atomic E-state index is 0. The SMILES string of the molecule is CC(CC(=O)N1CCN(c2ncnc3c2cnn3C)CC1)C1CCNCC1.Cl.Cl. The third kappa shape index (κ3) is 5.10. The molecule has 10 heteroatoms. The Morgan fingerprint density at radius 1 is 1.17 bits per heavy atom. The van der Waals surface area contributed by atoms with Crippen molar-refractivity contribution in [2.75, 3.05) is 44.2 Å². The predicted octanol–water partition coefficient (Wildman–Crippen LogP) is 1.88. The number of aryl methyl sites for hydroxylation is 1. The zero-order valence-electron chi connectivity index (χ0n) is 17.1. The molecule has 1 amide bonds. The number of nitrogens with zero attached hydrogens (tertiary/aromatic N) is 6. The molecule has 4 rings (SSSR count). The highest BCUT2D eigenvalue weighted by atomic mass is 35.5. The molecule has 2 aliphatic rings. The van der Waals surface area contributed by atoms with Crippen molar-refractivity contribution in [1.29, 1.82) is 0 Å². The van der Waals surface area contributed by atoms with E-state index in [-0.39, 0.29) is 24.8 Å². The van der Waals surface area contributed by atoms with E-state index in [9.17, 15) is 4.79 Å². The maximum Gasteiger partial charge on any atom is 0.222 e. The number of aromatic nitrogens is 4. The highest BCUT2D eigenvalue weighted by Crippen LogP contribution is 2.26. The van der Waals surface area contributed by atoms with Gasteiger partial charge in [0, 0.05) is 39.6 Å². The lowest BCUT2D eigenvalue weighted by Gasteiger charge is -2.36. The summed E-state index contributed by atoms with van der Waals surface area (Å²) in [6, 6.07) is 0. The largest absolute Gasteiger partial charge is 0.352 e. The Morgan fingerprint density at radius 2 is 1.86 bits per heavy atom. The zero-order chi connectivity index (χ0) is 18.8. The average Bonchev–Trinajstić information content (AvgIpc) is 3.10. The molecule has 0 spiro atoms. The van der Waals surface area contributed by atoms with Crippen molar-refractivity contribution < 1.29 is 4.79 Å². The molecule has 2 aromatic heterocycles. The fourth-order valence-electron chi connectivity index (χ4n) is 4.35. The van der Waals surface area contributed by atoms with Gasteiger partial charge in [0.2, 0.25) is 5.91 Å². The Morgan fingerprint density at radius 3 is 2.55 bits per heavy atom. The quantitative estimate of drug-likeness (QED) is 0.776. The molecular formula is C19H31Cl2N7O. The van der Waals surface area contributed by atoms with Crippen LogP contribution in [0.4, 0.5) is 5.82 Å². The summed E-state index contributed by atoms with van der Waals surface area (Å²) in [6.07, 6.45) is 6.47. The Balaban J connectivity index is 0.00000150. The molecule has 29 heavy (non-hydrogen) atoms. The number of carbonyl (C=O) groups is 1. The molecule has 8 nitrogen and oxygen atoms in total. The molecule has 4 heterocycles. The van der Waals surface area contributed by atoms with Crippen LogP contribution in [0.5, 0.6) is 0 Å². The number of anilines is 1. The van der Waals surface area contributed by atoms with Crippen LogP contribution in [-0.2, 0) is 11.8 Å². The number of piperazine rings is 1. The van der Waals surface area contributed by atoms with Gasteiger partial charge in [0.25, 0.3) is 0 Å². The third-order valence-electron chi connectivity index (χ3n) is 6.13. The third-order valence-corrected chi connectivity index (χ3v) is 6.13. The van der Waals surface area contributed by atoms with Gasteiger partial charge in [-0.3, -0.25) is 9.48 Å². The van der Waals surface area contributed by atoms with Crippen LogP contribution in [0.25, 0.3) is 11.0 Å². The number of amides is 1. The normalized spacial score (nSPS) is 18.8. The first-order valence-electron chi connectivity index (χ1n) is 9.99. The van der Waals surface area contributed by atoms with Gasteiger partial charge in [-0.15, -0.1) is 24.8 Å². The number of hydrogen-bond donors (Lipinski definition) is 1. The van der Waals surface area contributed by atoms with Crippen molar-refractivity contribution in [3.05, 3.63) is 12.5 Å². The van der Waals surface area contributed by atoms with Gasteiger partial charge in [-0.1, -0.05) is 6.92 Å². The van der Waals surface area contributed by atoms with Crippen LogP contribution in [0, 0.1) is 11.8 Å². The molecule has 162 valence electrons. The Bertz CT molecular complexity index is 801. The Labute approximate surface area is 184 Å². The highest BCUT2D eigenvalue weighted by Gasteiger charge is 2.27. The van der Waals surface area contributed by atoms with Crippen molar-refractivity contribution >= 4 is 47.6 Å². The summed E-state index contributed by atoms with van der Waals surface area (Å²) >= 11 is 0. The van der Waals surface area contributed by atoms with E-state index in [4.69, 9.17) is 0 Å². The van der Waals surface area contributed by atoms with E-state index in [1.165, 1.54) is 12.8 Å². The lowest BCUT2D eigenvalue weighted by molar-refractivity contribution is -0.132. The smallest absolute Gasteiger partial charge is 0.222 e. The summed E-state index contributed by atoms with van der Waals surface area (Å²) < 4.78 is 1.77. The lowest BCUT2D eigenvalue weighted by atomic mass is 9.84. The summed E-state index contributed by atoms with van der Waals surface area (Å²) in [7, 11) is 1.89. The van der Waals surface area contributed by atoms with Crippen molar-refractivity contribution in [3.8, 4) is 0 Å². The first-order chi connectivity index (χ1) is 13.1. The number of hydrogen-bond acceptors (Lipinski definition) is 6. The van der Waals surface area contributed by atoms with E-state index < -0.39 is 0 Å². The van der Waals surface area contributed by atoms with Gasteiger partial charge in [0.05, 0.1) is 11.6 Å². The second-order valence-corrected chi connectivity index (χ2v) is 7.84. The summed E-state index contributed by atoms with van der Waals surface area (Å²) in [5.74, 6) is 2.36. The number of piperidine rings is 1. The Kier molecular flexibility index (Phi) is 8.48. The van der Waals surface area contributed by atoms with Crippen molar-refractivity contribution in [3.63, 3.8) is 0 Å². The van der Waals surface area contributed by atoms with E-state index in [1.54, 1.807) is 11.0 Å². The molecule has 1 atom stereocenters. The topological polar surface area (TPSA) is 79.2 Å². The van der Waals surface area contributed by atoms with Gasteiger partial charge in [-0.05, 0) is 37.8 Å². The number of fused-ring (bicyclic) bond motifs is 1. The van der Waals surface area contributed by atoms with Gasteiger partial charge in [0.1, 0.15) is 12.1 Å². The number of carbonyl (C=O) groups excluding carboxylic acids is 1. The average molecular weight is 444 g/mol. The number of nitrogens with one attached hydrogen (secondary N) is 1. The molecular weight excluding hydrogens is 413 g/mol. The molecule has 2 fully saturated rings. The highest BCUT2D eigenvalue weighted by molar-refractivity contribution is 5.87. The van der Waals surface area contributed by atoms with Crippen LogP contribution in [0.15, 0.2) is 12.5 Å². The first-order valence-corrected chi connectivity index (χ1v) is 9.99. The summed E-state index contributed by atoms with van der Waals surface area (Å²) in [5, 5.41) is 8.67. The van der Waals surface area contributed by atoms with Crippen LogP contribution >= 0.6 is 24.8 Å². The van der Waals surface area contributed by atoms with Crippen molar-refractivity contribution in [2.24, 2.45) is 18.9 Å². The maximum absolute atomic E-state index is 12.8. The molecule has 0 aromatic carbocycles. The van der Waals surface area contributed by atoms with Crippen LogP contribution in [0.1, 0.15) is 26.2 Å². The fourth-order valence-corrected chi connectivity index (χ4v) is 4.35. The minimum Gasteiger partial charge on any atom is -0.352 e. The van der Waals surface area contributed by atoms with E-state index in [0.29, 0.717) is 24.2 Å². The molecule has 2 aromatic rings.